The molecule has 0 bridgehead atoms. The van der Waals surface area contributed by atoms with E-state index in [1.54, 1.807) is 0 Å². The predicted octanol–water partition coefficient (Wildman–Crippen LogP) is 2.73. The Hall–Kier alpha value is -1.37. The van der Waals surface area contributed by atoms with Crippen molar-refractivity contribution in [2.24, 2.45) is 5.92 Å². The lowest BCUT2D eigenvalue weighted by Crippen LogP contribution is -2.29. The predicted molar refractivity (Wildman–Crippen MR) is 75.8 cm³/mol. The SMILES string of the molecule is Cc1cc(C#N)ccc1CN(C)CC1CCOCC1. The Morgan fingerprint density at radius 2 is 2.11 bits per heavy atom. The van der Waals surface area contributed by atoms with Crippen LogP contribution in [0.1, 0.15) is 29.5 Å². The minimum atomic E-state index is 0.744. The lowest BCUT2D eigenvalue weighted by molar-refractivity contribution is 0.0549. The summed E-state index contributed by atoms with van der Waals surface area (Å²) in [4.78, 5) is 2.38. The highest BCUT2D eigenvalue weighted by atomic mass is 16.5. The molecule has 1 heterocycles. The molecule has 0 aromatic heterocycles. The zero-order valence-electron chi connectivity index (χ0n) is 11.9. The van der Waals surface area contributed by atoms with Gasteiger partial charge in [-0.05, 0) is 56.0 Å². The topological polar surface area (TPSA) is 36.3 Å². The van der Waals surface area contributed by atoms with Crippen molar-refractivity contribution in [3.05, 3.63) is 34.9 Å². The first-order valence-corrected chi connectivity index (χ1v) is 6.95. The Balaban J connectivity index is 1.91. The maximum atomic E-state index is 8.88. The first-order valence-electron chi connectivity index (χ1n) is 6.95. The summed E-state index contributed by atoms with van der Waals surface area (Å²) in [5.74, 6) is 0.762. The van der Waals surface area contributed by atoms with Gasteiger partial charge in [0.05, 0.1) is 11.6 Å². The highest BCUT2D eigenvalue weighted by Crippen LogP contribution is 2.18. The number of aryl methyl sites for hydroxylation is 1. The van der Waals surface area contributed by atoms with Gasteiger partial charge in [0.1, 0.15) is 0 Å². The van der Waals surface area contributed by atoms with Crippen LogP contribution in [0.2, 0.25) is 0 Å². The molecule has 0 amide bonds. The van der Waals surface area contributed by atoms with Gasteiger partial charge >= 0.3 is 0 Å². The zero-order valence-corrected chi connectivity index (χ0v) is 11.9. The van der Waals surface area contributed by atoms with Crippen molar-refractivity contribution in [1.29, 1.82) is 5.26 Å². The third kappa shape index (κ3) is 4.05. The summed E-state index contributed by atoms with van der Waals surface area (Å²) in [6, 6.07) is 8.14. The van der Waals surface area contributed by atoms with Gasteiger partial charge in [-0.1, -0.05) is 6.07 Å². The first-order chi connectivity index (χ1) is 9.19. The molecule has 0 radical (unpaired) electrons. The van der Waals surface area contributed by atoms with Gasteiger partial charge in [-0.3, -0.25) is 0 Å². The number of ether oxygens (including phenoxy) is 1. The summed E-state index contributed by atoms with van der Waals surface area (Å²) >= 11 is 0. The van der Waals surface area contributed by atoms with Gasteiger partial charge in [0.15, 0.2) is 0 Å². The van der Waals surface area contributed by atoms with Crippen LogP contribution in [0.25, 0.3) is 0 Å². The van der Waals surface area contributed by atoms with Crippen LogP contribution >= 0.6 is 0 Å². The highest BCUT2D eigenvalue weighted by Gasteiger charge is 2.16. The van der Waals surface area contributed by atoms with E-state index in [2.05, 4.69) is 31.0 Å². The molecule has 1 saturated heterocycles. The minimum Gasteiger partial charge on any atom is -0.381 e. The molecule has 19 heavy (non-hydrogen) atoms. The van der Waals surface area contributed by atoms with Crippen molar-refractivity contribution in [2.45, 2.75) is 26.3 Å². The van der Waals surface area contributed by atoms with E-state index >= 15 is 0 Å². The Bertz CT molecular complexity index is 458. The summed E-state index contributed by atoms with van der Waals surface area (Å²) in [6.45, 7) is 5.99. The first kappa shape index (κ1) is 14.0. The summed E-state index contributed by atoms with van der Waals surface area (Å²) in [6.07, 6.45) is 2.35. The number of benzene rings is 1. The van der Waals surface area contributed by atoms with E-state index in [1.807, 2.05) is 12.1 Å². The molecule has 0 atom stereocenters. The third-order valence-electron chi connectivity index (χ3n) is 3.82. The zero-order chi connectivity index (χ0) is 13.7. The van der Waals surface area contributed by atoms with Crippen LogP contribution in [0.5, 0.6) is 0 Å². The molecule has 0 unspecified atom stereocenters. The third-order valence-corrected chi connectivity index (χ3v) is 3.82. The lowest BCUT2D eigenvalue weighted by atomic mass is 9.99. The van der Waals surface area contributed by atoms with Crippen LogP contribution < -0.4 is 0 Å². The molecular weight excluding hydrogens is 236 g/mol. The molecule has 3 nitrogen and oxygen atoms in total. The van der Waals surface area contributed by atoms with Crippen LogP contribution in [0, 0.1) is 24.2 Å². The summed E-state index contributed by atoms with van der Waals surface area (Å²) in [5, 5.41) is 8.88. The van der Waals surface area contributed by atoms with E-state index < -0.39 is 0 Å². The van der Waals surface area contributed by atoms with Crippen LogP contribution in [0.4, 0.5) is 0 Å². The molecule has 1 aliphatic heterocycles. The lowest BCUT2D eigenvalue weighted by Gasteiger charge is -2.27. The minimum absolute atomic E-state index is 0.744. The molecule has 0 spiro atoms. The second-order valence-electron chi connectivity index (χ2n) is 5.51. The number of rotatable bonds is 4. The van der Waals surface area contributed by atoms with Crippen molar-refractivity contribution in [3.63, 3.8) is 0 Å². The molecule has 1 fully saturated rings. The van der Waals surface area contributed by atoms with Gasteiger partial charge in [-0.25, -0.2) is 0 Å². The molecule has 0 saturated carbocycles. The molecule has 3 heteroatoms. The average molecular weight is 258 g/mol. The smallest absolute Gasteiger partial charge is 0.0991 e. The normalized spacial score (nSPS) is 16.5. The molecule has 1 aromatic carbocycles. The van der Waals surface area contributed by atoms with E-state index in [9.17, 15) is 0 Å². The van der Waals surface area contributed by atoms with Crippen molar-refractivity contribution in [2.75, 3.05) is 26.8 Å². The van der Waals surface area contributed by atoms with Crippen LogP contribution in [-0.2, 0) is 11.3 Å². The van der Waals surface area contributed by atoms with E-state index in [0.717, 1.165) is 37.8 Å². The maximum Gasteiger partial charge on any atom is 0.0991 e. The summed E-state index contributed by atoms with van der Waals surface area (Å²) < 4.78 is 5.40. The monoisotopic (exact) mass is 258 g/mol. The molecular formula is C16H22N2O. The molecule has 1 aliphatic rings. The van der Waals surface area contributed by atoms with Gasteiger partial charge < -0.3 is 9.64 Å². The van der Waals surface area contributed by atoms with E-state index in [-0.39, 0.29) is 0 Å². The molecule has 2 rings (SSSR count). The average Bonchev–Trinajstić information content (AvgIpc) is 2.42. The largest absolute Gasteiger partial charge is 0.381 e. The number of hydrogen-bond donors (Lipinski definition) is 0. The second-order valence-corrected chi connectivity index (χ2v) is 5.51. The fraction of sp³-hybridized carbons (Fsp3) is 0.562. The van der Waals surface area contributed by atoms with Gasteiger partial charge in [0, 0.05) is 26.3 Å². The maximum absolute atomic E-state index is 8.88. The Morgan fingerprint density at radius 1 is 1.37 bits per heavy atom. The fourth-order valence-corrected chi connectivity index (χ4v) is 2.67. The molecule has 1 aromatic rings. The van der Waals surface area contributed by atoms with Crippen LogP contribution in [0.3, 0.4) is 0 Å². The van der Waals surface area contributed by atoms with E-state index in [1.165, 1.54) is 24.0 Å². The summed E-state index contributed by atoms with van der Waals surface area (Å²) in [5.41, 5.74) is 3.26. The van der Waals surface area contributed by atoms with Gasteiger partial charge in [0.25, 0.3) is 0 Å². The molecule has 0 N–H and O–H groups in total. The van der Waals surface area contributed by atoms with Crippen molar-refractivity contribution in [3.8, 4) is 6.07 Å². The Morgan fingerprint density at radius 3 is 2.74 bits per heavy atom. The van der Waals surface area contributed by atoms with Gasteiger partial charge in [-0.2, -0.15) is 5.26 Å². The standard InChI is InChI=1S/C16H22N2O/c1-13-9-15(10-17)3-4-16(13)12-18(2)11-14-5-7-19-8-6-14/h3-4,9,14H,5-8,11-12H2,1-2H3. The van der Waals surface area contributed by atoms with Crippen molar-refractivity contribution < 1.29 is 4.74 Å². The van der Waals surface area contributed by atoms with Gasteiger partial charge in [0.2, 0.25) is 0 Å². The van der Waals surface area contributed by atoms with Gasteiger partial charge in [-0.15, -0.1) is 0 Å². The fourth-order valence-electron chi connectivity index (χ4n) is 2.67. The van der Waals surface area contributed by atoms with Crippen molar-refractivity contribution in [1.82, 2.24) is 4.90 Å². The molecule has 0 aliphatic carbocycles. The van der Waals surface area contributed by atoms with Crippen LogP contribution in [-0.4, -0.2) is 31.7 Å². The Kier molecular flexibility index (Phi) is 4.95. The quantitative estimate of drug-likeness (QED) is 0.833. The molecule has 102 valence electrons. The Labute approximate surface area is 115 Å². The van der Waals surface area contributed by atoms with Crippen LogP contribution in [0.15, 0.2) is 18.2 Å². The number of nitrogens with zero attached hydrogens (tertiary/aromatic N) is 2. The number of hydrogen-bond acceptors (Lipinski definition) is 3. The second kappa shape index (κ2) is 6.70. The number of nitriles is 1. The van der Waals surface area contributed by atoms with E-state index in [4.69, 9.17) is 10.00 Å². The van der Waals surface area contributed by atoms with Crippen molar-refractivity contribution >= 4 is 0 Å². The highest BCUT2D eigenvalue weighted by molar-refractivity contribution is 5.37. The van der Waals surface area contributed by atoms with E-state index in [0.29, 0.717) is 0 Å². The summed E-state index contributed by atoms with van der Waals surface area (Å²) in [7, 11) is 2.17.